The summed E-state index contributed by atoms with van der Waals surface area (Å²) in [5.74, 6) is 0. The molecule has 0 rings (SSSR count). The molecule has 0 aromatic heterocycles. The van der Waals surface area contributed by atoms with Crippen molar-refractivity contribution in [1.29, 1.82) is 0 Å². The monoisotopic (exact) mass is 286 g/mol. The van der Waals surface area contributed by atoms with Crippen molar-refractivity contribution in [2.24, 2.45) is 0 Å². The number of hydrogen-bond donors (Lipinski definition) is 0. The molecule has 0 aliphatic carbocycles. The van der Waals surface area contributed by atoms with Gasteiger partial charge in [0.25, 0.3) is 0 Å². The zero-order valence-corrected chi connectivity index (χ0v) is 15.1. The van der Waals surface area contributed by atoms with Gasteiger partial charge in [0.1, 0.15) is 0 Å². The summed E-state index contributed by atoms with van der Waals surface area (Å²) >= 11 is 0. The molecule has 1 unspecified atom stereocenters. The van der Waals surface area contributed by atoms with Crippen LogP contribution in [0.1, 0.15) is 78.1 Å². The van der Waals surface area contributed by atoms with Crippen LogP contribution in [0, 0.1) is 0 Å². The molecular weight excluding hydrogens is 259 g/mol. The average Bonchev–Trinajstić information content (AvgIpc) is 2.25. The molecule has 0 aromatic carbocycles. The molecule has 18 heavy (non-hydrogen) atoms. The van der Waals surface area contributed by atoms with E-state index in [1.54, 1.807) is 0 Å². The van der Waals surface area contributed by atoms with Crippen molar-refractivity contribution in [3.63, 3.8) is 0 Å². The third-order valence-electron chi connectivity index (χ3n) is 3.17. The van der Waals surface area contributed by atoms with Gasteiger partial charge in [-0.2, -0.15) is 0 Å². The van der Waals surface area contributed by atoms with Gasteiger partial charge in [0.2, 0.25) is 0 Å². The van der Waals surface area contributed by atoms with Crippen LogP contribution in [-0.2, 0) is 10.1 Å². The Morgan fingerprint density at radius 2 is 1.22 bits per heavy atom. The van der Waals surface area contributed by atoms with E-state index < -0.39 is 15.4 Å². The van der Waals surface area contributed by atoms with Crippen LogP contribution < -0.4 is 29.6 Å². The number of hydrogen-bond acceptors (Lipinski definition) is 3. The third kappa shape index (κ3) is 12.0. The topological polar surface area (TPSA) is 57.2 Å². The van der Waals surface area contributed by atoms with E-state index in [1.165, 1.54) is 12.8 Å². The van der Waals surface area contributed by atoms with E-state index in [2.05, 4.69) is 13.8 Å². The predicted molar refractivity (Wildman–Crippen MR) is 71.0 cm³/mol. The first kappa shape index (κ1) is 21.2. The zero-order chi connectivity index (χ0) is 13.1. The van der Waals surface area contributed by atoms with Crippen molar-refractivity contribution >= 4 is 10.1 Å². The summed E-state index contributed by atoms with van der Waals surface area (Å²) in [6, 6.07) is 0. The van der Waals surface area contributed by atoms with Crippen LogP contribution in [-0.4, -0.2) is 18.2 Å². The normalized spacial score (nSPS) is 13.1. The molecule has 0 radical (unpaired) electrons. The molecule has 1 atom stereocenters. The first-order valence-corrected chi connectivity index (χ1v) is 8.44. The van der Waals surface area contributed by atoms with E-state index in [9.17, 15) is 13.0 Å². The fraction of sp³-hybridized carbons (Fsp3) is 1.00. The van der Waals surface area contributed by atoms with Gasteiger partial charge in [-0.05, 0) is 12.8 Å². The Morgan fingerprint density at radius 3 is 1.67 bits per heavy atom. The first-order valence-electron chi connectivity index (χ1n) is 6.97. The Hall–Kier alpha value is 0.910. The summed E-state index contributed by atoms with van der Waals surface area (Å²) in [4.78, 5) is 0. The van der Waals surface area contributed by atoms with Gasteiger partial charge in [0, 0.05) is 5.25 Å². The second kappa shape index (κ2) is 12.9. The van der Waals surface area contributed by atoms with Crippen LogP contribution in [0.2, 0.25) is 0 Å². The Labute approximate surface area is 135 Å². The maximum atomic E-state index is 11.1. The second-order valence-corrected chi connectivity index (χ2v) is 6.47. The minimum absolute atomic E-state index is 0. The van der Waals surface area contributed by atoms with Gasteiger partial charge in [-0.3, -0.25) is 0 Å². The van der Waals surface area contributed by atoms with Crippen molar-refractivity contribution in [3.8, 4) is 0 Å². The fourth-order valence-electron chi connectivity index (χ4n) is 2.03. The van der Waals surface area contributed by atoms with Crippen LogP contribution in [0.25, 0.3) is 0 Å². The Balaban J connectivity index is 0. The largest absolute Gasteiger partial charge is 1.00 e. The molecule has 104 valence electrons. The van der Waals surface area contributed by atoms with Gasteiger partial charge < -0.3 is 4.55 Å². The van der Waals surface area contributed by atoms with Gasteiger partial charge in [-0.25, -0.2) is 8.42 Å². The number of rotatable bonds is 11. The summed E-state index contributed by atoms with van der Waals surface area (Å²) in [6.45, 7) is 4.22. The van der Waals surface area contributed by atoms with E-state index in [-0.39, 0.29) is 29.6 Å². The van der Waals surface area contributed by atoms with Crippen molar-refractivity contribution in [2.75, 3.05) is 0 Å². The summed E-state index contributed by atoms with van der Waals surface area (Å²) in [7, 11) is -4.09. The van der Waals surface area contributed by atoms with E-state index in [1.807, 2.05) is 0 Å². The number of unbranched alkanes of at least 4 members (excludes halogenated alkanes) is 6. The Morgan fingerprint density at radius 1 is 0.833 bits per heavy atom. The van der Waals surface area contributed by atoms with Gasteiger partial charge in [0.05, 0.1) is 10.1 Å². The molecule has 0 heterocycles. The van der Waals surface area contributed by atoms with Crippen LogP contribution in [0.3, 0.4) is 0 Å². The summed E-state index contributed by atoms with van der Waals surface area (Å²) in [5, 5.41) is -0.643. The molecule has 0 aliphatic heterocycles. The molecule has 0 amide bonds. The van der Waals surface area contributed by atoms with E-state index >= 15 is 0 Å². The standard InChI is InChI=1S/C13H28O3S.Na/c1-3-5-7-8-10-12-13(17(14,15)16)11-9-6-4-2;/h13H,3-12H2,1-2H3,(H,14,15,16);/q;+1/p-1. The fourth-order valence-corrected chi connectivity index (χ4v) is 2.94. The summed E-state index contributed by atoms with van der Waals surface area (Å²) < 4.78 is 33.3. The van der Waals surface area contributed by atoms with E-state index in [0.717, 1.165) is 38.5 Å². The molecule has 5 heteroatoms. The molecule has 0 saturated carbocycles. The van der Waals surface area contributed by atoms with Gasteiger partial charge >= 0.3 is 29.6 Å². The van der Waals surface area contributed by atoms with Crippen LogP contribution in [0.4, 0.5) is 0 Å². The van der Waals surface area contributed by atoms with Gasteiger partial charge in [-0.1, -0.05) is 65.2 Å². The van der Waals surface area contributed by atoms with Crippen molar-refractivity contribution in [2.45, 2.75) is 83.3 Å². The third-order valence-corrected chi connectivity index (χ3v) is 4.46. The molecule has 0 bridgehead atoms. The molecule has 0 aromatic rings. The molecule has 0 saturated heterocycles. The minimum atomic E-state index is -4.09. The molecule has 0 fully saturated rings. The van der Waals surface area contributed by atoms with Crippen molar-refractivity contribution in [3.05, 3.63) is 0 Å². The van der Waals surface area contributed by atoms with Crippen LogP contribution >= 0.6 is 0 Å². The van der Waals surface area contributed by atoms with Gasteiger partial charge in [0.15, 0.2) is 0 Å². The minimum Gasteiger partial charge on any atom is -0.748 e. The maximum Gasteiger partial charge on any atom is 1.00 e. The smallest absolute Gasteiger partial charge is 0.748 e. The van der Waals surface area contributed by atoms with E-state index in [4.69, 9.17) is 0 Å². The quantitative estimate of drug-likeness (QED) is 0.321. The Bertz CT molecular complexity index is 265. The molecular formula is C13H27NaO3S. The van der Waals surface area contributed by atoms with Crippen LogP contribution in [0.15, 0.2) is 0 Å². The summed E-state index contributed by atoms with van der Waals surface area (Å²) in [5.41, 5.74) is 0. The zero-order valence-electron chi connectivity index (χ0n) is 12.3. The molecule has 0 aliphatic rings. The predicted octanol–water partition coefficient (Wildman–Crippen LogP) is 0.845. The Kier molecular flexibility index (Phi) is 15.2. The molecule has 0 spiro atoms. The maximum absolute atomic E-state index is 11.1. The first-order chi connectivity index (χ1) is 8.02. The molecule has 3 nitrogen and oxygen atoms in total. The van der Waals surface area contributed by atoms with Gasteiger partial charge in [-0.15, -0.1) is 0 Å². The average molecular weight is 286 g/mol. The van der Waals surface area contributed by atoms with Crippen molar-refractivity contribution in [1.82, 2.24) is 0 Å². The second-order valence-electron chi connectivity index (χ2n) is 4.81. The summed E-state index contributed by atoms with van der Waals surface area (Å²) in [6.07, 6.45) is 9.49. The van der Waals surface area contributed by atoms with Crippen molar-refractivity contribution < 1.29 is 42.5 Å². The van der Waals surface area contributed by atoms with E-state index in [0.29, 0.717) is 12.8 Å². The molecule has 0 N–H and O–H groups in total. The SMILES string of the molecule is CCCCCCCC(CCCCC)S(=O)(=O)[O-].[Na+]. The van der Waals surface area contributed by atoms with Crippen LogP contribution in [0.5, 0.6) is 0 Å².